The molecular formula is C20H19N5O3. The summed E-state index contributed by atoms with van der Waals surface area (Å²) >= 11 is 0. The van der Waals surface area contributed by atoms with Gasteiger partial charge in [-0.3, -0.25) is 14.5 Å². The fourth-order valence-electron chi connectivity index (χ4n) is 2.98. The third kappa shape index (κ3) is 3.57. The van der Waals surface area contributed by atoms with Gasteiger partial charge < -0.3 is 9.64 Å². The maximum atomic E-state index is 12.7. The number of aromatic nitrogens is 3. The molecule has 1 aliphatic rings. The van der Waals surface area contributed by atoms with Crippen LogP contribution in [-0.2, 0) is 16.1 Å². The maximum Gasteiger partial charge on any atom is 0.266 e. The minimum Gasteiger partial charge on any atom is -0.480 e. The van der Waals surface area contributed by atoms with Gasteiger partial charge in [0, 0.05) is 31.5 Å². The molecule has 0 fully saturated rings. The average molecular weight is 377 g/mol. The lowest BCUT2D eigenvalue weighted by molar-refractivity contribution is -0.131. The summed E-state index contributed by atoms with van der Waals surface area (Å²) in [5.41, 5.74) is 1.84. The number of carbonyl (C=O) groups excluding carboxylic acids is 2. The van der Waals surface area contributed by atoms with E-state index >= 15 is 0 Å². The first-order valence-electron chi connectivity index (χ1n) is 8.83. The summed E-state index contributed by atoms with van der Waals surface area (Å²) in [5, 5.41) is 4.34. The lowest BCUT2D eigenvalue weighted by Gasteiger charge is -2.29. The Morgan fingerprint density at radius 2 is 2.04 bits per heavy atom. The summed E-state index contributed by atoms with van der Waals surface area (Å²) in [7, 11) is 1.70. The number of pyridine rings is 1. The van der Waals surface area contributed by atoms with Crippen LogP contribution >= 0.6 is 0 Å². The Morgan fingerprint density at radius 1 is 1.21 bits per heavy atom. The Hall–Kier alpha value is -3.68. The van der Waals surface area contributed by atoms with Crippen LogP contribution in [0.15, 0.2) is 61.1 Å². The Kier molecular flexibility index (Phi) is 4.76. The van der Waals surface area contributed by atoms with Crippen LogP contribution in [0.4, 0.5) is 5.82 Å². The van der Waals surface area contributed by atoms with Crippen LogP contribution < -0.4 is 9.64 Å². The zero-order valence-corrected chi connectivity index (χ0v) is 15.4. The summed E-state index contributed by atoms with van der Waals surface area (Å²) in [6.45, 7) is 0.203. The molecule has 4 rings (SSSR count). The van der Waals surface area contributed by atoms with E-state index in [0.717, 1.165) is 11.3 Å². The number of likely N-dealkylation sites (N-methyl/N-ethyl adjacent to an activating group) is 1. The first kappa shape index (κ1) is 17.7. The number of hydrogen-bond acceptors (Lipinski definition) is 5. The quantitative estimate of drug-likeness (QED) is 0.675. The highest BCUT2D eigenvalue weighted by molar-refractivity contribution is 6.01. The van der Waals surface area contributed by atoms with Gasteiger partial charge in [0.25, 0.3) is 5.91 Å². The largest absolute Gasteiger partial charge is 0.480 e. The molecule has 2 aromatic heterocycles. The summed E-state index contributed by atoms with van der Waals surface area (Å²) < 4.78 is 7.12. The van der Waals surface area contributed by atoms with Gasteiger partial charge in [-0.1, -0.05) is 18.2 Å². The first-order chi connectivity index (χ1) is 13.6. The summed E-state index contributed by atoms with van der Waals surface area (Å²) in [6, 6.07) is 13.2. The smallest absolute Gasteiger partial charge is 0.266 e. The molecule has 142 valence electrons. The molecule has 1 aliphatic heterocycles. The van der Waals surface area contributed by atoms with Crippen molar-refractivity contribution >= 4 is 17.6 Å². The molecule has 0 bridgehead atoms. The summed E-state index contributed by atoms with van der Waals surface area (Å²) in [6.07, 6.45) is 5.18. The van der Waals surface area contributed by atoms with Crippen LogP contribution in [0.3, 0.4) is 0 Å². The number of anilines is 1. The van der Waals surface area contributed by atoms with Gasteiger partial charge in [0.15, 0.2) is 18.2 Å². The fraction of sp³-hybridized carbons (Fsp3) is 0.200. The molecule has 1 aromatic carbocycles. The van der Waals surface area contributed by atoms with Crippen molar-refractivity contribution in [2.75, 3.05) is 25.1 Å². The minimum atomic E-state index is -0.287. The minimum absolute atomic E-state index is 0.0878. The second-order valence-corrected chi connectivity index (χ2v) is 6.47. The van der Waals surface area contributed by atoms with Gasteiger partial charge in [-0.15, -0.1) is 0 Å². The molecule has 8 nitrogen and oxygen atoms in total. The Balaban J connectivity index is 1.43. The molecule has 0 spiro atoms. The molecule has 0 saturated carbocycles. The van der Waals surface area contributed by atoms with Crippen LogP contribution in [0.1, 0.15) is 5.56 Å². The van der Waals surface area contributed by atoms with E-state index < -0.39 is 0 Å². The van der Waals surface area contributed by atoms with Crippen molar-refractivity contribution in [2.45, 2.75) is 6.54 Å². The number of ether oxygens (including phenoxy) is 1. The zero-order valence-electron chi connectivity index (χ0n) is 15.4. The van der Waals surface area contributed by atoms with Crippen molar-refractivity contribution in [1.29, 1.82) is 0 Å². The fourth-order valence-corrected chi connectivity index (χ4v) is 2.98. The van der Waals surface area contributed by atoms with Gasteiger partial charge in [0.05, 0.1) is 11.9 Å². The molecule has 0 unspecified atom stereocenters. The van der Waals surface area contributed by atoms with E-state index in [0.29, 0.717) is 18.1 Å². The number of fused-ring (bicyclic) bond motifs is 1. The van der Waals surface area contributed by atoms with Crippen LogP contribution in [0, 0.1) is 0 Å². The molecule has 28 heavy (non-hydrogen) atoms. The number of rotatable bonds is 5. The van der Waals surface area contributed by atoms with Crippen molar-refractivity contribution in [3.05, 3.63) is 66.6 Å². The van der Waals surface area contributed by atoms with E-state index in [1.54, 1.807) is 41.2 Å². The molecule has 0 radical (unpaired) electrons. The van der Waals surface area contributed by atoms with Crippen LogP contribution in [-0.4, -0.2) is 51.7 Å². The lowest BCUT2D eigenvalue weighted by atomic mass is 10.3. The van der Waals surface area contributed by atoms with E-state index in [9.17, 15) is 9.59 Å². The summed E-state index contributed by atoms with van der Waals surface area (Å²) in [5.74, 6) is 0.392. The van der Waals surface area contributed by atoms with Gasteiger partial charge >= 0.3 is 0 Å². The molecule has 3 heterocycles. The SMILES string of the molecule is CN(Cc1cnn(-c2ccccc2)c1)C(=O)CN1C(=O)COc2cccnc21. The Bertz CT molecular complexity index is 1000. The van der Waals surface area contributed by atoms with Gasteiger partial charge in [0.1, 0.15) is 6.54 Å². The Labute approximate surface area is 162 Å². The molecule has 3 aromatic rings. The van der Waals surface area contributed by atoms with Gasteiger partial charge in [-0.2, -0.15) is 5.10 Å². The van der Waals surface area contributed by atoms with Crippen molar-refractivity contribution in [2.24, 2.45) is 0 Å². The zero-order chi connectivity index (χ0) is 19.5. The summed E-state index contributed by atoms with van der Waals surface area (Å²) in [4.78, 5) is 32.0. The Morgan fingerprint density at radius 3 is 2.86 bits per heavy atom. The van der Waals surface area contributed by atoms with Crippen LogP contribution in [0.25, 0.3) is 5.69 Å². The molecular weight excluding hydrogens is 358 g/mol. The van der Waals surface area contributed by atoms with Gasteiger partial charge in [0.2, 0.25) is 5.91 Å². The number of hydrogen-bond donors (Lipinski definition) is 0. The predicted molar refractivity (Wildman–Crippen MR) is 102 cm³/mol. The molecule has 0 saturated heterocycles. The lowest BCUT2D eigenvalue weighted by Crippen LogP contribution is -2.45. The molecule has 2 amide bonds. The standard InChI is InChI=1S/C20H19N5O3/c1-23(11-15-10-22-25(12-15)16-6-3-2-4-7-16)18(26)13-24-19(27)14-28-17-8-5-9-21-20(17)24/h2-10,12H,11,13-14H2,1H3. The highest BCUT2D eigenvalue weighted by Crippen LogP contribution is 2.28. The number of carbonyl (C=O) groups is 2. The molecule has 0 N–H and O–H groups in total. The second kappa shape index (κ2) is 7.51. The highest BCUT2D eigenvalue weighted by Gasteiger charge is 2.29. The van der Waals surface area contributed by atoms with Gasteiger partial charge in [-0.25, -0.2) is 9.67 Å². The van der Waals surface area contributed by atoms with E-state index in [1.165, 1.54) is 4.90 Å². The normalized spacial score (nSPS) is 13.0. The first-order valence-corrected chi connectivity index (χ1v) is 8.83. The second-order valence-electron chi connectivity index (χ2n) is 6.47. The average Bonchev–Trinajstić information content (AvgIpc) is 3.19. The molecule has 0 aliphatic carbocycles. The number of benzene rings is 1. The molecule has 0 atom stereocenters. The maximum absolute atomic E-state index is 12.7. The monoisotopic (exact) mass is 377 g/mol. The highest BCUT2D eigenvalue weighted by atomic mass is 16.5. The topological polar surface area (TPSA) is 80.6 Å². The van der Waals surface area contributed by atoms with Crippen molar-refractivity contribution < 1.29 is 14.3 Å². The van der Waals surface area contributed by atoms with E-state index in [4.69, 9.17) is 4.74 Å². The van der Waals surface area contributed by atoms with Crippen LogP contribution in [0.5, 0.6) is 5.75 Å². The van der Waals surface area contributed by atoms with Crippen molar-refractivity contribution in [3.8, 4) is 11.4 Å². The van der Waals surface area contributed by atoms with Crippen molar-refractivity contribution in [1.82, 2.24) is 19.7 Å². The third-order valence-electron chi connectivity index (χ3n) is 4.45. The van der Waals surface area contributed by atoms with E-state index in [2.05, 4.69) is 10.1 Å². The van der Waals surface area contributed by atoms with Gasteiger partial charge in [-0.05, 0) is 24.3 Å². The molecule has 8 heteroatoms. The number of nitrogens with zero attached hydrogens (tertiary/aromatic N) is 5. The van der Waals surface area contributed by atoms with Crippen LogP contribution in [0.2, 0.25) is 0 Å². The van der Waals surface area contributed by atoms with E-state index in [-0.39, 0.29) is 25.0 Å². The van der Waals surface area contributed by atoms with E-state index in [1.807, 2.05) is 36.5 Å². The van der Waals surface area contributed by atoms with Crippen molar-refractivity contribution in [3.63, 3.8) is 0 Å². The third-order valence-corrected chi connectivity index (χ3v) is 4.45. The number of amides is 2. The number of para-hydroxylation sites is 1. The predicted octanol–water partition coefficient (Wildman–Crippen LogP) is 1.65.